The molecule has 2 heteroatoms. The number of alkyl halides is 1. The van der Waals surface area contributed by atoms with Gasteiger partial charge in [-0.1, -0.05) is 34.1 Å². The van der Waals surface area contributed by atoms with Crippen LogP contribution in [0, 0.1) is 27.7 Å². The lowest BCUT2D eigenvalue weighted by Gasteiger charge is -2.11. The van der Waals surface area contributed by atoms with Crippen LogP contribution in [-0.2, 0) is 6.42 Å². The van der Waals surface area contributed by atoms with Gasteiger partial charge in [0, 0.05) is 9.75 Å². The van der Waals surface area contributed by atoms with Crippen LogP contribution in [0.15, 0.2) is 24.3 Å². The number of thiophene rings is 1. The number of aryl methyl sites for hydroxylation is 4. The minimum Gasteiger partial charge on any atom is -0.144 e. The standard InChI is InChI=1S/C16H19BrS/c1-10-5-6-14(8-11(10)2)9-15(17)16-12(3)7-13(4)18-16/h5-8,15H,9H2,1-4H3. The van der Waals surface area contributed by atoms with Gasteiger partial charge >= 0.3 is 0 Å². The monoisotopic (exact) mass is 322 g/mol. The maximum Gasteiger partial charge on any atom is 0.0532 e. The summed E-state index contributed by atoms with van der Waals surface area (Å²) in [5.41, 5.74) is 5.56. The predicted octanol–water partition coefficient (Wildman–Crippen LogP) is 5.66. The molecule has 1 atom stereocenters. The van der Waals surface area contributed by atoms with Crippen LogP contribution in [0.1, 0.15) is 36.8 Å². The topological polar surface area (TPSA) is 0 Å². The highest BCUT2D eigenvalue weighted by Gasteiger charge is 2.14. The van der Waals surface area contributed by atoms with E-state index in [2.05, 4.69) is 67.9 Å². The second kappa shape index (κ2) is 5.58. The molecule has 2 aromatic rings. The van der Waals surface area contributed by atoms with E-state index in [-0.39, 0.29) is 0 Å². The Labute approximate surface area is 122 Å². The average Bonchev–Trinajstić information content (AvgIpc) is 2.63. The highest BCUT2D eigenvalue weighted by atomic mass is 79.9. The van der Waals surface area contributed by atoms with E-state index < -0.39 is 0 Å². The summed E-state index contributed by atoms with van der Waals surface area (Å²) in [7, 11) is 0. The van der Waals surface area contributed by atoms with Crippen LogP contribution in [0.3, 0.4) is 0 Å². The van der Waals surface area contributed by atoms with Crippen LogP contribution < -0.4 is 0 Å². The van der Waals surface area contributed by atoms with Gasteiger partial charge in [0.1, 0.15) is 0 Å². The minimum absolute atomic E-state index is 0.429. The van der Waals surface area contributed by atoms with E-state index in [0.717, 1.165) is 6.42 Å². The first-order valence-corrected chi connectivity index (χ1v) is 7.97. The van der Waals surface area contributed by atoms with Crippen LogP contribution in [0.2, 0.25) is 0 Å². The van der Waals surface area contributed by atoms with Gasteiger partial charge in [0.05, 0.1) is 4.83 Å². The van der Waals surface area contributed by atoms with Crippen molar-refractivity contribution in [1.29, 1.82) is 0 Å². The Bertz CT molecular complexity index is 554. The quantitative estimate of drug-likeness (QED) is 0.639. The molecule has 96 valence electrons. The van der Waals surface area contributed by atoms with Gasteiger partial charge in [-0.15, -0.1) is 11.3 Å². The van der Waals surface area contributed by atoms with Crippen molar-refractivity contribution < 1.29 is 0 Å². The van der Waals surface area contributed by atoms with Crippen LogP contribution in [0.25, 0.3) is 0 Å². The molecular formula is C16H19BrS. The molecule has 0 fully saturated rings. The van der Waals surface area contributed by atoms with Crippen LogP contribution in [0.4, 0.5) is 0 Å². The predicted molar refractivity (Wildman–Crippen MR) is 85.1 cm³/mol. The summed E-state index contributed by atoms with van der Waals surface area (Å²) in [4.78, 5) is 3.29. The van der Waals surface area contributed by atoms with Gasteiger partial charge in [-0.25, -0.2) is 0 Å². The van der Waals surface area contributed by atoms with Crippen molar-refractivity contribution >= 4 is 27.3 Å². The second-order valence-electron chi connectivity index (χ2n) is 4.99. The molecule has 1 aromatic heterocycles. The van der Waals surface area contributed by atoms with Crippen molar-refractivity contribution in [2.24, 2.45) is 0 Å². The Hall–Kier alpha value is -0.600. The first-order valence-electron chi connectivity index (χ1n) is 6.24. The fourth-order valence-corrected chi connectivity index (χ4v) is 4.23. The normalized spacial score (nSPS) is 12.7. The summed E-state index contributed by atoms with van der Waals surface area (Å²) < 4.78 is 0. The maximum absolute atomic E-state index is 3.84. The Morgan fingerprint density at radius 2 is 1.72 bits per heavy atom. The summed E-state index contributed by atoms with van der Waals surface area (Å²) in [5, 5.41) is 0. The SMILES string of the molecule is Cc1cc(C)c(C(Br)Cc2ccc(C)c(C)c2)s1. The van der Waals surface area contributed by atoms with Crippen molar-refractivity contribution in [2.45, 2.75) is 38.9 Å². The molecule has 1 heterocycles. The van der Waals surface area contributed by atoms with Gasteiger partial charge < -0.3 is 0 Å². The largest absolute Gasteiger partial charge is 0.144 e. The third-order valence-corrected chi connectivity index (χ3v) is 5.70. The first-order chi connectivity index (χ1) is 8.47. The van der Waals surface area contributed by atoms with Gasteiger partial charge in [-0.2, -0.15) is 0 Å². The van der Waals surface area contributed by atoms with E-state index in [9.17, 15) is 0 Å². The van der Waals surface area contributed by atoms with Crippen molar-refractivity contribution in [3.8, 4) is 0 Å². The molecule has 1 unspecified atom stereocenters. The summed E-state index contributed by atoms with van der Waals surface area (Å²) in [6.07, 6.45) is 1.06. The van der Waals surface area contributed by atoms with Crippen LogP contribution >= 0.6 is 27.3 Å². The molecule has 0 spiro atoms. The summed E-state index contributed by atoms with van der Waals surface area (Å²) in [6, 6.07) is 9.04. The zero-order chi connectivity index (χ0) is 13.3. The lowest BCUT2D eigenvalue weighted by Crippen LogP contribution is -1.95. The van der Waals surface area contributed by atoms with Gasteiger partial charge in [0.2, 0.25) is 0 Å². The molecule has 0 aliphatic heterocycles. The smallest absolute Gasteiger partial charge is 0.0532 e. The molecule has 0 radical (unpaired) electrons. The Kier molecular flexibility index (Phi) is 4.29. The number of halogens is 1. The lowest BCUT2D eigenvalue weighted by atomic mass is 10.0. The van der Waals surface area contributed by atoms with Crippen LogP contribution in [-0.4, -0.2) is 0 Å². The molecule has 18 heavy (non-hydrogen) atoms. The second-order valence-corrected chi connectivity index (χ2v) is 7.39. The third kappa shape index (κ3) is 3.04. The highest BCUT2D eigenvalue weighted by molar-refractivity contribution is 9.09. The van der Waals surface area contributed by atoms with E-state index in [1.165, 1.54) is 32.0 Å². The molecule has 0 amide bonds. The highest BCUT2D eigenvalue weighted by Crippen LogP contribution is 2.35. The first kappa shape index (κ1) is 13.8. The van der Waals surface area contributed by atoms with E-state index >= 15 is 0 Å². The molecule has 0 aliphatic carbocycles. The average molecular weight is 323 g/mol. The number of benzene rings is 1. The zero-order valence-corrected chi connectivity index (χ0v) is 13.8. The molecule has 1 aromatic carbocycles. The Balaban J connectivity index is 2.18. The van der Waals surface area contributed by atoms with Crippen molar-refractivity contribution in [3.05, 3.63) is 56.3 Å². The van der Waals surface area contributed by atoms with Gasteiger partial charge in [0.25, 0.3) is 0 Å². The van der Waals surface area contributed by atoms with Gasteiger partial charge in [0.15, 0.2) is 0 Å². The molecule has 0 saturated heterocycles. The van der Waals surface area contributed by atoms with Crippen molar-refractivity contribution in [1.82, 2.24) is 0 Å². The minimum atomic E-state index is 0.429. The molecular weight excluding hydrogens is 304 g/mol. The van der Waals surface area contributed by atoms with Crippen molar-refractivity contribution in [2.75, 3.05) is 0 Å². The Morgan fingerprint density at radius 1 is 1.00 bits per heavy atom. The summed E-state index contributed by atoms with van der Waals surface area (Å²) in [6.45, 7) is 8.73. The van der Waals surface area contributed by atoms with Crippen molar-refractivity contribution in [3.63, 3.8) is 0 Å². The van der Waals surface area contributed by atoms with E-state index in [4.69, 9.17) is 0 Å². The molecule has 0 aliphatic rings. The molecule has 0 bridgehead atoms. The van der Waals surface area contributed by atoms with E-state index in [1.807, 2.05) is 11.3 Å². The summed E-state index contributed by atoms with van der Waals surface area (Å²) in [5.74, 6) is 0. The van der Waals surface area contributed by atoms with E-state index in [1.54, 1.807) is 0 Å². The van der Waals surface area contributed by atoms with Gasteiger partial charge in [-0.3, -0.25) is 0 Å². The zero-order valence-electron chi connectivity index (χ0n) is 11.4. The molecule has 0 saturated carbocycles. The number of hydrogen-bond donors (Lipinski definition) is 0. The number of hydrogen-bond acceptors (Lipinski definition) is 1. The maximum atomic E-state index is 3.84. The lowest BCUT2D eigenvalue weighted by molar-refractivity contribution is 0.957. The van der Waals surface area contributed by atoms with Gasteiger partial charge in [-0.05, 0) is 62.4 Å². The van der Waals surface area contributed by atoms with E-state index in [0.29, 0.717) is 4.83 Å². The number of rotatable bonds is 3. The molecule has 0 N–H and O–H groups in total. The molecule has 0 nitrogen and oxygen atoms in total. The molecule has 2 rings (SSSR count). The summed E-state index contributed by atoms with van der Waals surface area (Å²) >= 11 is 5.74. The fraction of sp³-hybridized carbons (Fsp3) is 0.375. The third-order valence-electron chi connectivity index (χ3n) is 3.35. The van der Waals surface area contributed by atoms with Crippen LogP contribution in [0.5, 0.6) is 0 Å². The fourth-order valence-electron chi connectivity index (χ4n) is 2.20. The Morgan fingerprint density at radius 3 is 2.28 bits per heavy atom.